The van der Waals surface area contributed by atoms with Gasteiger partial charge in [-0.2, -0.15) is 0 Å². The fourth-order valence-corrected chi connectivity index (χ4v) is 6.68. The first-order valence-electron chi connectivity index (χ1n) is 12.3. The molecule has 13 nitrogen and oxygen atoms in total. The van der Waals surface area contributed by atoms with Crippen LogP contribution in [-0.2, 0) is 25.7 Å². The Balaban J connectivity index is 1.34. The van der Waals surface area contributed by atoms with Crippen LogP contribution in [0.15, 0.2) is 46.8 Å². The summed E-state index contributed by atoms with van der Waals surface area (Å²) in [5.74, 6) is -2.72. The van der Waals surface area contributed by atoms with Crippen LogP contribution in [-0.4, -0.2) is 87.1 Å². The number of tetrazole rings is 1. The molecule has 0 bridgehead atoms. The van der Waals surface area contributed by atoms with Crippen LogP contribution in [0.4, 0.5) is 0 Å². The number of nitrogens with zero attached hydrogens (tertiary/aromatic N) is 5. The zero-order valence-corrected chi connectivity index (χ0v) is 22.4. The zero-order valence-electron chi connectivity index (χ0n) is 20.8. The summed E-state index contributed by atoms with van der Waals surface area (Å²) < 4.78 is 1.63. The molecule has 1 aromatic carbocycles. The second-order valence-corrected chi connectivity index (χ2v) is 11.0. The Bertz CT molecular complexity index is 1250. The van der Waals surface area contributed by atoms with E-state index < -0.39 is 41.3 Å². The van der Waals surface area contributed by atoms with Gasteiger partial charge in [0.05, 0.1) is 0 Å². The molecule has 0 saturated carbocycles. The minimum absolute atomic E-state index is 0.109. The number of carbonyl (C=O) groups is 4. The standard InChI is InChI=1S/C24H28N6O7S2/c31-16(32)10-6-1-2-7-11-29-24(26-27-28-29)39-13-15-12-38-22-17(21(35)30(22)18(15)23(36)37)25-20(34)19(33)14-8-4-3-5-9-14/h3-5,8-9,17,19,22,33H,1-2,6-7,10-13H2,(H,25,34)(H,31,32)(H,36,37)/t17?,19-,22-/m1/s1. The lowest BCUT2D eigenvalue weighted by Gasteiger charge is -2.49. The van der Waals surface area contributed by atoms with E-state index in [1.165, 1.54) is 28.4 Å². The molecule has 1 unspecified atom stereocenters. The summed E-state index contributed by atoms with van der Waals surface area (Å²) in [4.78, 5) is 49.4. The number of β-lactam (4-membered cyclic amide) rings is 1. The summed E-state index contributed by atoms with van der Waals surface area (Å²) in [6, 6.07) is 7.39. The number of nitrogens with one attached hydrogen (secondary N) is 1. The van der Waals surface area contributed by atoms with Crippen molar-refractivity contribution >= 4 is 47.3 Å². The van der Waals surface area contributed by atoms with Crippen LogP contribution in [0.3, 0.4) is 0 Å². The van der Waals surface area contributed by atoms with E-state index in [9.17, 15) is 29.4 Å². The number of aliphatic hydroxyl groups is 1. The van der Waals surface area contributed by atoms with E-state index in [0.717, 1.165) is 19.3 Å². The Kier molecular flexibility index (Phi) is 9.59. The minimum atomic E-state index is -1.45. The Morgan fingerprint density at radius 2 is 1.87 bits per heavy atom. The van der Waals surface area contributed by atoms with Gasteiger partial charge in [0, 0.05) is 24.5 Å². The smallest absolute Gasteiger partial charge is 0.352 e. The number of hydrogen-bond acceptors (Lipinski definition) is 10. The molecule has 3 atom stereocenters. The van der Waals surface area contributed by atoms with Crippen molar-refractivity contribution in [3.8, 4) is 0 Å². The van der Waals surface area contributed by atoms with Gasteiger partial charge in [-0.1, -0.05) is 54.9 Å². The summed E-state index contributed by atoms with van der Waals surface area (Å²) in [5, 5.41) is 43.1. The summed E-state index contributed by atoms with van der Waals surface area (Å²) in [6.07, 6.45) is 1.71. The summed E-state index contributed by atoms with van der Waals surface area (Å²) >= 11 is 2.61. The number of unbranched alkanes of at least 4 members (excludes halogenated alkanes) is 3. The van der Waals surface area contributed by atoms with Gasteiger partial charge in [-0.15, -0.1) is 16.9 Å². The molecule has 0 radical (unpaired) electrons. The maximum Gasteiger partial charge on any atom is 0.352 e. The van der Waals surface area contributed by atoms with Crippen LogP contribution < -0.4 is 5.32 Å². The van der Waals surface area contributed by atoms with Crippen LogP contribution in [0.5, 0.6) is 0 Å². The molecule has 39 heavy (non-hydrogen) atoms. The second-order valence-electron chi connectivity index (χ2n) is 9.00. The third-order valence-corrected chi connectivity index (χ3v) is 8.68. The molecule has 1 fully saturated rings. The summed E-state index contributed by atoms with van der Waals surface area (Å²) in [5.41, 5.74) is 0.822. The molecule has 15 heteroatoms. The van der Waals surface area contributed by atoms with Gasteiger partial charge in [0.1, 0.15) is 17.1 Å². The molecule has 1 saturated heterocycles. The van der Waals surface area contributed by atoms with Gasteiger partial charge < -0.3 is 20.6 Å². The zero-order chi connectivity index (χ0) is 27.9. The van der Waals surface area contributed by atoms with Crippen molar-refractivity contribution in [1.29, 1.82) is 0 Å². The van der Waals surface area contributed by atoms with Crippen LogP contribution in [0.25, 0.3) is 0 Å². The number of carboxylic acid groups (broad SMARTS) is 2. The van der Waals surface area contributed by atoms with Crippen molar-refractivity contribution in [3.63, 3.8) is 0 Å². The van der Waals surface area contributed by atoms with Crippen molar-refractivity contribution < 1.29 is 34.5 Å². The van der Waals surface area contributed by atoms with Crippen LogP contribution in [0.1, 0.15) is 43.8 Å². The number of rotatable bonds is 14. The maximum atomic E-state index is 12.9. The molecule has 3 heterocycles. The molecule has 2 aromatic rings. The second kappa shape index (κ2) is 13.1. The maximum absolute atomic E-state index is 12.9. The van der Waals surface area contributed by atoms with Crippen LogP contribution in [0, 0.1) is 0 Å². The van der Waals surface area contributed by atoms with Crippen molar-refractivity contribution in [1.82, 2.24) is 30.4 Å². The Morgan fingerprint density at radius 3 is 2.59 bits per heavy atom. The number of carbonyl (C=O) groups excluding carboxylic acids is 2. The van der Waals surface area contributed by atoms with Gasteiger partial charge in [-0.3, -0.25) is 19.3 Å². The molecular formula is C24H28N6O7S2. The molecule has 0 aliphatic carbocycles. The van der Waals surface area contributed by atoms with Crippen LogP contribution >= 0.6 is 23.5 Å². The highest BCUT2D eigenvalue weighted by Crippen LogP contribution is 2.41. The number of fused-ring (bicyclic) bond motifs is 1. The predicted octanol–water partition coefficient (Wildman–Crippen LogP) is 1.27. The average Bonchev–Trinajstić information content (AvgIpc) is 3.38. The first-order chi connectivity index (χ1) is 18.8. The molecule has 2 amide bonds. The largest absolute Gasteiger partial charge is 0.481 e. The number of carboxylic acids is 2. The topological polar surface area (TPSA) is 188 Å². The fourth-order valence-electron chi connectivity index (χ4n) is 4.30. The highest BCUT2D eigenvalue weighted by atomic mass is 32.2. The van der Waals surface area contributed by atoms with Crippen molar-refractivity contribution in [2.45, 2.75) is 61.3 Å². The SMILES string of the molecule is O=C(O)CCCCCCn1nnnc1SCC1=C(C(=O)O)N2C(=O)C(NC(=O)[C@H](O)c3ccccc3)[C@H]2SC1. The average molecular weight is 577 g/mol. The fraction of sp³-hybridized carbons (Fsp3) is 0.458. The lowest BCUT2D eigenvalue weighted by atomic mass is 10.0. The van der Waals surface area contributed by atoms with E-state index in [1.807, 2.05) is 0 Å². The van der Waals surface area contributed by atoms with Crippen molar-refractivity contribution in [2.24, 2.45) is 0 Å². The Hall–Kier alpha value is -3.43. The van der Waals surface area contributed by atoms with Crippen molar-refractivity contribution in [2.75, 3.05) is 11.5 Å². The van der Waals surface area contributed by atoms with E-state index in [2.05, 4.69) is 20.8 Å². The van der Waals surface area contributed by atoms with Gasteiger partial charge in [-0.25, -0.2) is 9.48 Å². The number of aliphatic hydroxyl groups excluding tert-OH is 1. The number of aromatic nitrogens is 4. The molecular weight excluding hydrogens is 548 g/mol. The van der Waals surface area contributed by atoms with Crippen LogP contribution in [0.2, 0.25) is 0 Å². The van der Waals surface area contributed by atoms with E-state index in [4.69, 9.17) is 5.11 Å². The number of thioether (sulfide) groups is 2. The highest BCUT2D eigenvalue weighted by Gasteiger charge is 2.54. The summed E-state index contributed by atoms with van der Waals surface area (Å²) in [7, 11) is 0. The number of benzene rings is 1. The third kappa shape index (κ3) is 6.78. The molecule has 208 valence electrons. The summed E-state index contributed by atoms with van der Waals surface area (Å²) in [6.45, 7) is 0.547. The lowest BCUT2D eigenvalue weighted by Crippen LogP contribution is -2.70. The van der Waals surface area contributed by atoms with E-state index in [0.29, 0.717) is 35.0 Å². The lowest BCUT2D eigenvalue weighted by molar-refractivity contribution is -0.151. The first-order valence-corrected chi connectivity index (χ1v) is 14.4. The molecule has 2 aliphatic rings. The number of hydrogen-bond donors (Lipinski definition) is 4. The molecule has 4 N–H and O–H groups in total. The van der Waals surface area contributed by atoms with E-state index >= 15 is 0 Å². The van der Waals surface area contributed by atoms with E-state index in [1.54, 1.807) is 35.0 Å². The van der Waals surface area contributed by atoms with Crippen molar-refractivity contribution in [3.05, 3.63) is 47.2 Å². The number of aliphatic carboxylic acids is 2. The van der Waals surface area contributed by atoms with Gasteiger partial charge in [0.15, 0.2) is 6.10 Å². The van der Waals surface area contributed by atoms with Gasteiger partial charge in [0.2, 0.25) is 5.16 Å². The third-order valence-electron chi connectivity index (χ3n) is 6.30. The number of aryl methyl sites for hydroxylation is 1. The normalized spacial score (nSPS) is 19.3. The Labute approximate surface area is 232 Å². The first kappa shape index (κ1) is 28.6. The number of amides is 2. The quantitative estimate of drug-likeness (QED) is 0.143. The van der Waals surface area contributed by atoms with Gasteiger partial charge in [0.25, 0.3) is 11.8 Å². The molecule has 4 rings (SSSR count). The van der Waals surface area contributed by atoms with Gasteiger partial charge >= 0.3 is 11.9 Å². The van der Waals surface area contributed by atoms with E-state index in [-0.39, 0.29) is 17.9 Å². The molecule has 1 aromatic heterocycles. The highest BCUT2D eigenvalue weighted by molar-refractivity contribution is 8.01. The molecule has 2 aliphatic heterocycles. The molecule has 0 spiro atoms. The Morgan fingerprint density at radius 1 is 1.13 bits per heavy atom. The van der Waals surface area contributed by atoms with Gasteiger partial charge in [-0.05, 0) is 34.4 Å². The monoisotopic (exact) mass is 576 g/mol. The predicted molar refractivity (Wildman–Crippen MR) is 140 cm³/mol. The minimum Gasteiger partial charge on any atom is -0.481 e.